The second-order valence-corrected chi connectivity index (χ2v) is 9.62. The van der Waals surface area contributed by atoms with Crippen molar-refractivity contribution in [1.29, 1.82) is 0 Å². The summed E-state index contributed by atoms with van der Waals surface area (Å²) in [6, 6.07) is 20.1. The van der Waals surface area contributed by atoms with Crippen molar-refractivity contribution in [3.63, 3.8) is 0 Å². The predicted molar refractivity (Wildman–Crippen MR) is 139 cm³/mol. The highest BCUT2D eigenvalue weighted by Crippen LogP contribution is 2.39. The lowest BCUT2D eigenvalue weighted by Gasteiger charge is -2.20. The van der Waals surface area contributed by atoms with E-state index in [1.807, 2.05) is 54.6 Å². The van der Waals surface area contributed by atoms with E-state index in [0.29, 0.717) is 5.56 Å². The molecule has 4 rings (SSSR count). The van der Waals surface area contributed by atoms with Crippen LogP contribution in [0, 0.1) is 0 Å². The van der Waals surface area contributed by atoms with Crippen LogP contribution < -0.4 is 5.32 Å². The highest BCUT2D eigenvalue weighted by molar-refractivity contribution is 7.17. The van der Waals surface area contributed by atoms with Crippen molar-refractivity contribution in [3.05, 3.63) is 88.4 Å². The molecule has 1 atom stereocenters. The summed E-state index contributed by atoms with van der Waals surface area (Å²) < 4.78 is 41.7. The average Bonchev–Trinajstić information content (AvgIpc) is 3.33. The van der Waals surface area contributed by atoms with E-state index in [1.165, 1.54) is 0 Å². The Morgan fingerprint density at radius 3 is 2.44 bits per heavy atom. The van der Waals surface area contributed by atoms with Gasteiger partial charge in [-0.25, -0.2) is 4.98 Å². The summed E-state index contributed by atoms with van der Waals surface area (Å²) in [4.78, 5) is 18.8. The number of aromatic nitrogens is 1. The fourth-order valence-corrected chi connectivity index (χ4v) is 5.23. The van der Waals surface area contributed by atoms with Gasteiger partial charge in [0, 0.05) is 12.1 Å². The van der Waals surface area contributed by atoms with Crippen molar-refractivity contribution in [2.75, 3.05) is 13.1 Å². The van der Waals surface area contributed by atoms with Crippen LogP contribution >= 0.6 is 11.3 Å². The summed E-state index contributed by atoms with van der Waals surface area (Å²) in [5.74, 6) is -0.784. The number of nitrogens with zero attached hydrogens (tertiary/aromatic N) is 2. The molecule has 8 heteroatoms. The summed E-state index contributed by atoms with van der Waals surface area (Å²) >= 11 is 0.767. The van der Waals surface area contributed by atoms with Crippen LogP contribution in [-0.2, 0) is 12.7 Å². The summed E-state index contributed by atoms with van der Waals surface area (Å²) in [5.41, 5.74) is 1.33. The van der Waals surface area contributed by atoms with Gasteiger partial charge in [0.25, 0.3) is 5.91 Å². The number of amides is 1. The number of halogens is 3. The van der Waals surface area contributed by atoms with E-state index in [1.54, 1.807) is 19.1 Å². The van der Waals surface area contributed by atoms with Gasteiger partial charge in [-0.15, -0.1) is 11.3 Å². The number of hydrogen-bond acceptors (Lipinski definition) is 4. The Balaban J connectivity index is 1.63. The lowest BCUT2D eigenvalue weighted by Crippen LogP contribution is -2.28. The van der Waals surface area contributed by atoms with Gasteiger partial charge in [-0.2, -0.15) is 13.2 Å². The quantitative estimate of drug-likeness (QED) is 0.270. The van der Waals surface area contributed by atoms with Crippen LogP contribution in [0.4, 0.5) is 13.2 Å². The zero-order valence-electron chi connectivity index (χ0n) is 20.4. The first-order valence-corrected chi connectivity index (χ1v) is 12.7. The zero-order valence-corrected chi connectivity index (χ0v) is 21.2. The van der Waals surface area contributed by atoms with E-state index in [4.69, 9.17) is 0 Å². The first-order valence-electron chi connectivity index (χ1n) is 11.9. The number of benzene rings is 3. The van der Waals surface area contributed by atoms with E-state index in [9.17, 15) is 18.0 Å². The number of rotatable bonds is 8. The summed E-state index contributed by atoms with van der Waals surface area (Å²) in [7, 11) is 0. The lowest BCUT2D eigenvalue weighted by atomic mass is 10.0. The smallest absolute Gasteiger partial charge is 0.345 e. The minimum absolute atomic E-state index is 0.165. The molecule has 188 valence electrons. The fourth-order valence-electron chi connectivity index (χ4n) is 4.21. The lowest BCUT2D eigenvalue weighted by molar-refractivity contribution is -0.141. The highest BCUT2D eigenvalue weighted by atomic mass is 32.1. The molecule has 0 spiro atoms. The Morgan fingerprint density at radius 1 is 1.03 bits per heavy atom. The second-order valence-electron chi connectivity index (χ2n) is 8.62. The summed E-state index contributed by atoms with van der Waals surface area (Å²) in [5, 5.41) is 4.59. The van der Waals surface area contributed by atoms with E-state index < -0.39 is 28.7 Å². The molecular formula is C28H28F3N3OS. The van der Waals surface area contributed by atoms with Crippen molar-refractivity contribution < 1.29 is 18.0 Å². The Hall–Kier alpha value is -3.23. The van der Waals surface area contributed by atoms with Gasteiger partial charge in [0.05, 0.1) is 6.04 Å². The van der Waals surface area contributed by atoms with Crippen LogP contribution in [0.15, 0.2) is 66.7 Å². The Bertz CT molecular complexity index is 1360. The van der Waals surface area contributed by atoms with Gasteiger partial charge in [0.2, 0.25) is 0 Å². The first kappa shape index (κ1) is 25.9. The normalized spacial score (nSPS) is 12.8. The number of nitrogens with one attached hydrogen (secondary N) is 1. The minimum atomic E-state index is -4.75. The van der Waals surface area contributed by atoms with E-state index in [2.05, 4.69) is 29.0 Å². The van der Waals surface area contributed by atoms with Crippen LogP contribution in [-0.4, -0.2) is 28.9 Å². The molecule has 0 radical (unpaired) electrons. The topological polar surface area (TPSA) is 45.2 Å². The Kier molecular flexibility index (Phi) is 7.76. The number of alkyl halides is 3. The molecular weight excluding hydrogens is 483 g/mol. The SMILES string of the molecule is CCN(CC)Cc1cccc(C(C)NC(=O)c2sc(-c3cccc4ccccc34)nc2C(F)(F)F)c1. The second kappa shape index (κ2) is 10.8. The molecule has 0 bridgehead atoms. The summed E-state index contributed by atoms with van der Waals surface area (Å²) in [6.07, 6.45) is -4.75. The molecule has 0 saturated heterocycles. The van der Waals surface area contributed by atoms with Crippen LogP contribution in [0.25, 0.3) is 21.3 Å². The maximum Gasteiger partial charge on any atom is 0.435 e. The predicted octanol–water partition coefficient (Wildman–Crippen LogP) is 7.31. The molecule has 1 unspecified atom stereocenters. The number of thiazole rings is 1. The van der Waals surface area contributed by atoms with Gasteiger partial charge in [0.1, 0.15) is 9.88 Å². The molecule has 3 aromatic carbocycles. The molecule has 0 saturated carbocycles. The third-order valence-corrected chi connectivity index (χ3v) is 7.31. The van der Waals surface area contributed by atoms with Gasteiger partial charge in [-0.05, 0) is 41.9 Å². The zero-order chi connectivity index (χ0) is 25.9. The Labute approximate surface area is 212 Å². The molecule has 36 heavy (non-hydrogen) atoms. The van der Waals surface area contributed by atoms with Gasteiger partial charge in [0.15, 0.2) is 5.69 Å². The monoisotopic (exact) mass is 511 g/mol. The standard InChI is InChI=1S/C28H28F3N3OS/c1-4-34(5-2)17-19-10-8-13-21(16-19)18(3)32-26(35)24-25(28(29,30)31)33-27(36-24)23-15-9-12-20-11-6-7-14-22(20)23/h6-16,18H,4-5,17H2,1-3H3,(H,32,35). The molecule has 4 nitrogen and oxygen atoms in total. The van der Waals surface area contributed by atoms with Crippen molar-refractivity contribution in [1.82, 2.24) is 15.2 Å². The van der Waals surface area contributed by atoms with Crippen molar-refractivity contribution in [3.8, 4) is 10.6 Å². The number of fused-ring (bicyclic) bond motifs is 1. The minimum Gasteiger partial charge on any atom is -0.345 e. The van der Waals surface area contributed by atoms with Crippen LogP contribution in [0.2, 0.25) is 0 Å². The number of carbonyl (C=O) groups is 1. The van der Waals surface area contributed by atoms with Crippen LogP contribution in [0.1, 0.15) is 53.3 Å². The van der Waals surface area contributed by atoms with Crippen LogP contribution in [0.3, 0.4) is 0 Å². The van der Waals surface area contributed by atoms with Gasteiger partial charge in [-0.3, -0.25) is 9.69 Å². The van der Waals surface area contributed by atoms with Crippen molar-refractivity contribution >= 4 is 28.0 Å². The largest absolute Gasteiger partial charge is 0.435 e. The van der Waals surface area contributed by atoms with E-state index in [0.717, 1.165) is 52.9 Å². The van der Waals surface area contributed by atoms with Gasteiger partial charge >= 0.3 is 6.18 Å². The average molecular weight is 512 g/mol. The third kappa shape index (κ3) is 5.60. The Morgan fingerprint density at radius 2 is 1.72 bits per heavy atom. The highest BCUT2D eigenvalue weighted by Gasteiger charge is 2.40. The third-order valence-electron chi connectivity index (χ3n) is 6.22. The molecule has 0 aliphatic rings. The van der Waals surface area contributed by atoms with Gasteiger partial charge < -0.3 is 5.32 Å². The number of carbonyl (C=O) groups excluding carboxylic acids is 1. The van der Waals surface area contributed by atoms with E-state index in [-0.39, 0.29) is 5.01 Å². The maximum atomic E-state index is 13.9. The summed E-state index contributed by atoms with van der Waals surface area (Å²) in [6.45, 7) is 8.55. The first-order chi connectivity index (χ1) is 17.2. The molecule has 1 heterocycles. The molecule has 1 N–H and O–H groups in total. The van der Waals surface area contributed by atoms with E-state index >= 15 is 0 Å². The fraction of sp³-hybridized carbons (Fsp3) is 0.286. The molecule has 1 aromatic heterocycles. The van der Waals surface area contributed by atoms with Crippen LogP contribution in [0.5, 0.6) is 0 Å². The molecule has 0 aliphatic carbocycles. The molecule has 4 aromatic rings. The number of hydrogen-bond donors (Lipinski definition) is 1. The maximum absolute atomic E-state index is 13.9. The molecule has 0 aliphatic heterocycles. The van der Waals surface area contributed by atoms with Gasteiger partial charge in [-0.1, -0.05) is 80.6 Å². The van der Waals surface area contributed by atoms with Crippen molar-refractivity contribution in [2.45, 2.75) is 39.5 Å². The molecule has 1 amide bonds. The molecule has 0 fully saturated rings. The van der Waals surface area contributed by atoms with Crippen molar-refractivity contribution in [2.24, 2.45) is 0 Å².